The molecule has 0 spiro atoms. The fraction of sp³-hybridized carbons (Fsp3) is 0.462. The van der Waals surface area contributed by atoms with E-state index in [-0.39, 0.29) is 18.4 Å². The topological polar surface area (TPSA) is 124 Å². The van der Waals surface area contributed by atoms with E-state index in [1.54, 1.807) is 0 Å². The molecule has 0 aliphatic rings. The van der Waals surface area contributed by atoms with Gasteiger partial charge in [0.1, 0.15) is 0 Å². The highest BCUT2D eigenvalue weighted by Crippen LogP contribution is 2.34. The maximum atomic E-state index is 12.4. The van der Waals surface area contributed by atoms with Gasteiger partial charge in [-0.3, -0.25) is 14.9 Å². The van der Waals surface area contributed by atoms with Gasteiger partial charge in [-0.1, -0.05) is 6.07 Å². The summed E-state index contributed by atoms with van der Waals surface area (Å²) >= 11 is 0. The Morgan fingerprint density at radius 3 is 2.32 bits per heavy atom. The standard InChI is InChI=1S/C13H14F3NO7S/c1-12(2,11(18)19)6-5-8-3-4-9(17(20)21)10(7-8)24-25(22,23)13(14,15)16/h3-4,7H,5-6H2,1-2H3,(H,18,19). The number of nitrogens with zero attached hydrogens (tertiary/aromatic N) is 1. The van der Waals surface area contributed by atoms with E-state index < -0.39 is 43.4 Å². The Bertz CT molecular complexity index is 787. The van der Waals surface area contributed by atoms with Gasteiger partial charge in [0.25, 0.3) is 0 Å². The summed E-state index contributed by atoms with van der Waals surface area (Å²) in [7, 11) is -6.08. The van der Waals surface area contributed by atoms with Crippen LogP contribution in [0.3, 0.4) is 0 Å². The quantitative estimate of drug-likeness (QED) is 0.331. The van der Waals surface area contributed by atoms with Crippen LogP contribution >= 0.6 is 0 Å². The monoisotopic (exact) mass is 385 g/mol. The van der Waals surface area contributed by atoms with Gasteiger partial charge in [-0.2, -0.15) is 21.6 Å². The summed E-state index contributed by atoms with van der Waals surface area (Å²) in [6.45, 7) is 2.85. The predicted molar refractivity (Wildman–Crippen MR) is 78.4 cm³/mol. The van der Waals surface area contributed by atoms with Crippen LogP contribution in [0.4, 0.5) is 18.9 Å². The number of nitro benzene ring substituents is 1. The molecular weight excluding hydrogens is 371 g/mol. The number of aryl methyl sites for hydroxylation is 1. The molecule has 0 saturated carbocycles. The van der Waals surface area contributed by atoms with Crippen LogP contribution in [0.1, 0.15) is 25.8 Å². The second kappa shape index (κ2) is 6.86. The Balaban J connectivity index is 3.19. The zero-order chi connectivity index (χ0) is 19.6. The number of nitro groups is 1. The van der Waals surface area contributed by atoms with Crippen LogP contribution in [0.2, 0.25) is 0 Å². The average molecular weight is 385 g/mol. The van der Waals surface area contributed by atoms with Crippen LogP contribution in [0.15, 0.2) is 18.2 Å². The lowest BCUT2D eigenvalue weighted by atomic mass is 9.86. The normalized spacial score (nSPS) is 12.7. The molecule has 1 N–H and O–H groups in total. The molecule has 0 aliphatic heterocycles. The van der Waals surface area contributed by atoms with E-state index in [4.69, 9.17) is 5.11 Å². The molecule has 12 heteroatoms. The molecule has 0 aliphatic carbocycles. The van der Waals surface area contributed by atoms with Crippen molar-refractivity contribution in [2.24, 2.45) is 5.41 Å². The summed E-state index contributed by atoms with van der Waals surface area (Å²) in [5, 5.41) is 19.9. The first-order valence-corrected chi connectivity index (χ1v) is 8.10. The Hall–Kier alpha value is -2.37. The molecule has 0 radical (unpaired) electrons. The molecule has 1 aromatic carbocycles. The number of rotatable bonds is 7. The van der Waals surface area contributed by atoms with Crippen molar-refractivity contribution in [2.45, 2.75) is 32.2 Å². The summed E-state index contributed by atoms with van der Waals surface area (Å²) in [5.74, 6) is -2.20. The molecule has 0 amide bonds. The van der Waals surface area contributed by atoms with Crippen molar-refractivity contribution in [1.82, 2.24) is 0 Å². The minimum absolute atomic E-state index is 0.0275. The Labute approximate surface area is 140 Å². The molecule has 0 saturated heterocycles. The van der Waals surface area contributed by atoms with Crippen LogP contribution in [0.25, 0.3) is 0 Å². The fourth-order valence-corrected chi connectivity index (χ4v) is 2.13. The van der Waals surface area contributed by atoms with Crippen molar-refractivity contribution in [3.8, 4) is 5.75 Å². The Morgan fingerprint density at radius 2 is 1.88 bits per heavy atom. The van der Waals surface area contributed by atoms with Crippen molar-refractivity contribution in [2.75, 3.05) is 0 Å². The lowest BCUT2D eigenvalue weighted by Crippen LogP contribution is -2.28. The van der Waals surface area contributed by atoms with Crippen molar-refractivity contribution in [3.05, 3.63) is 33.9 Å². The van der Waals surface area contributed by atoms with Gasteiger partial charge in [-0.15, -0.1) is 0 Å². The first-order chi connectivity index (χ1) is 11.2. The number of carboxylic acid groups (broad SMARTS) is 1. The molecule has 1 aromatic rings. The summed E-state index contributed by atoms with van der Waals surface area (Å²) < 4.78 is 63.2. The summed E-state index contributed by atoms with van der Waals surface area (Å²) in [4.78, 5) is 20.8. The summed E-state index contributed by atoms with van der Waals surface area (Å²) in [6.07, 6.45) is 0.0886. The Morgan fingerprint density at radius 1 is 1.32 bits per heavy atom. The number of benzene rings is 1. The van der Waals surface area contributed by atoms with Crippen molar-refractivity contribution in [1.29, 1.82) is 0 Å². The van der Waals surface area contributed by atoms with E-state index in [1.807, 2.05) is 0 Å². The van der Waals surface area contributed by atoms with Gasteiger partial charge in [0.2, 0.25) is 5.75 Å². The van der Waals surface area contributed by atoms with Gasteiger partial charge in [0.05, 0.1) is 10.3 Å². The van der Waals surface area contributed by atoms with Gasteiger partial charge in [0, 0.05) is 6.07 Å². The SMILES string of the molecule is CC(C)(CCc1ccc([N+](=O)[O-])c(OS(=O)(=O)C(F)(F)F)c1)C(=O)O. The third-order valence-electron chi connectivity index (χ3n) is 3.32. The molecule has 0 fully saturated rings. The van der Waals surface area contributed by atoms with Gasteiger partial charge >= 0.3 is 27.3 Å². The van der Waals surface area contributed by atoms with Crippen LogP contribution in [0.5, 0.6) is 5.75 Å². The van der Waals surface area contributed by atoms with Crippen LogP contribution in [0, 0.1) is 15.5 Å². The lowest BCUT2D eigenvalue weighted by molar-refractivity contribution is -0.385. The summed E-state index contributed by atoms with van der Waals surface area (Å²) in [5.41, 5.74) is -7.68. The molecule has 1 rings (SSSR count). The number of halogens is 3. The smallest absolute Gasteiger partial charge is 0.481 e. The third kappa shape index (κ3) is 5.05. The fourth-order valence-electron chi connectivity index (χ4n) is 1.66. The summed E-state index contributed by atoms with van der Waals surface area (Å²) in [6, 6.07) is 2.76. The minimum Gasteiger partial charge on any atom is -0.481 e. The van der Waals surface area contributed by atoms with Crippen LogP contribution in [-0.2, 0) is 21.3 Å². The van der Waals surface area contributed by atoms with E-state index in [0.717, 1.165) is 12.1 Å². The second-order valence-electron chi connectivity index (χ2n) is 5.73. The first kappa shape index (κ1) is 20.7. The number of alkyl halides is 3. The van der Waals surface area contributed by atoms with E-state index in [1.165, 1.54) is 19.9 Å². The van der Waals surface area contributed by atoms with E-state index in [9.17, 15) is 36.5 Å². The number of hydrogen-bond donors (Lipinski definition) is 1. The lowest BCUT2D eigenvalue weighted by Gasteiger charge is -2.18. The molecular formula is C13H14F3NO7S. The average Bonchev–Trinajstić information content (AvgIpc) is 2.43. The molecule has 25 heavy (non-hydrogen) atoms. The van der Waals surface area contributed by atoms with Crippen molar-refractivity contribution < 1.29 is 40.6 Å². The molecule has 0 aromatic heterocycles. The molecule has 0 atom stereocenters. The molecule has 0 bridgehead atoms. The maximum absolute atomic E-state index is 12.4. The second-order valence-corrected chi connectivity index (χ2v) is 7.27. The van der Waals surface area contributed by atoms with Crippen LogP contribution < -0.4 is 4.18 Å². The van der Waals surface area contributed by atoms with Gasteiger partial charge in [-0.25, -0.2) is 0 Å². The minimum atomic E-state index is -6.08. The molecule has 0 heterocycles. The maximum Gasteiger partial charge on any atom is 0.534 e. The van der Waals surface area contributed by atoms with Crippen molar-refractivity contribution >= 4 is 21.8 Å². The largest absolute Gasteiger partial charge is 0.534 e. The molecule has 0 unspecified atom stereocenters. The van der Waals surface area contributed by atoms with Gasteiger partial charge < -0.3 is 9.29 Å². The highest BCUT2D eigenvalue weighted by atomic mass is 32.2. The number of carbonyl (C=O) groups is 1. The number of carboxylic acids is 1. The molecule has 140 valence electrons. The van der Waals surface area contributed by atoms with E-state index in [0.29, 0.717) is 0 Å². The predicted octanol–water partition coefficient (Wildman–Crippen LogP) is 2.87. The van der Waals surface area contributed by atoms with E-state index in [2.05, 4.69) is 4.18 Å². The molecule has 8 nitrogen and oxygen atoms in total. The highest BCUT2D eigenvalue weighted by Gasteiger charge is 2.49. The van der Waals surface area contributed by atoms with Gasteiger partial charge in [-0.05, 0) is 38.3 Å². The third-order valence-corrected chi connectivity index (χ3v) is 4.29. The number of hydrogen-bond acceptors (Lipinski definition) is 6. The van der Waals surface area contributed by atoms with Gasteiger partial charge in [0.15, 0.2) is 0 Å². The zero-order valence-electron chi connectivity index (χ0n) is 13.0. The number of aliphatic carboxylic acids is 1. The highest BCUT2D eigenvalue weighted by molar-refractivity contribution is 7.88. The first-order valence-electron chi connectivity index (χ1n) is 6.69. The van der Waals surface area contributed by atoms with Crippen LogP contribution in [-0.4, -0.2) is 29.9 Å². The zero-order valence-corrected chi connectivity index (χ0v) is 13.8. The van der Waals surface area contributed by atoms with E-state index >= 15 is 0 Å². The van der Waals surface area contributed by atoms with Crippen molar-refractivity contribution in [3.63, 3.8) is 0 Å². The Kier molecular flexibility index (Phi) is 5.67.